The molecule has 0 radical (unpaired) electrons. The van der Waals surface area contributed by atoms with Crippen molar-refractivity contribution >= 4 is 23.3 Å². The van der Waals surface area contributed by atoms with Crippen LogP contribution in [0.4, 0.5) is 5.82 Å². The number of amides is 1. The molecule has 0 spiro atoms. The van der Waals surface area contributed by atoms with E-state index in [-0.39, 0.29) is 12.7 Å². The van der Waals surface area contributed by atoms with E-state index in [0.29, 0.717) is 35.4 Å². The fourth-order valence-corrected chi connectivity index (χ4v) is 3.01. The summed E-state index contributed by atoms with van der Waals surface area (Å²) in [5.41, 5.74) is 2.24. The van der Waals surface area contributed by atoms with Gasteiger partial charge in [-0.05, 0) is 48.0 Å². The van der Waals surface area contributed by atoms with Crippen LogP contribution in [0, 0.1) is 0 Å². The van der Waals surface area contributed by atoms with Gasteiger partial charge in [0.15, 0.2) is 18.4 Å². The van der Waals surface area contributed by atoms with E-state index in [1.807, 2.05) is 18.2 Å². The zero-order chi connectivity index (χ0) is 19.3. The summed E-state index contributed by atoms with van der Waals surface area (Å²) in [4.78, 5) is 16.9. The summed E-state index contributed by atoms with van der Waals surface area (Å²) in [5.74, 6) is 1.26. The number of nitrogens with one attached hydrogen (secondary N) is 1. The number of rotatable bonds is 5. The predicted molar refractivity (Wildman–Crippen MR) is 105 cm³/mol. The van der Waals surface area contributed by atoms with Crippen LogP contribution in [0.5, 0.6) is 11.5 Å². The quantitative estimate of drug-likeness (QED) is 0.690. The number of aromatic nitrogens is 1. The Hall–Kier alpha value is -3.09. The molecular weight excluding hydrogens is 380 g/mol. The molecule has 0 bridgehead atoms. The minimum Gasteiger partial charge on any atom is -0.485 e. The van der Waals surface area contributed by atoms with E-state index in [4.69, 9.17) is 25.8 Å². The highest BCUT2D eigenvalue weighted by Crippen LogP contribution is 2.26. The third-order valence-electron chi connectivity index (χ3n) is 4.16. The maximum Gasteiger partial charge on any atom is 0.256 e. The summed E-state index contributed by atoms with van der Waals surface area (Å²) >= 11 is 6.00. The van der Waals surface area contributed by atoms with E-state index in [0.717, 1.165) is 16.9 Å². The Kier molecular flexibility index (Phi) is 5.41. The largest absolute Gasteiger partial charge is 0.485 e. The Morgan fingerprint density at radius 3 is 3.00 bits per heavy atom. The average Bonchev–Trinajstić information content (AvgIpc) is 2.73. The molecule has 0 saturated carbocycles. The average molecular weight is 397 g/mol. The van der Waals surface area contributed by atoms with Crippen molar-refractivity contribution in [2.45, 2.75) is 13.2 Å². The number of hydrogen-bond donors (Lipinski definition) is 1. The molecule has 0 fully saturated rings. The zero-order valence-electron chi connectivity index (χ0n) is 14.9. The van der Waals surface area contributed by atoms with Crippen LogP contribution in [0.1, 0.15) is 21.5 Å². The number of halogens is 1. The van der Waals surface area contributed by atoms with Crippen LogP contribution in [-0.2, 0) is 18.0 Å². The number of benzene rings is 2. The second-order valence-electron chi connectivity index (χ2n) is 6.16. The van der Waals surface area contributed by atoms with Crippen LogP contribution in [0.2, 0.25) is 5.02 Å². The zero-order valence-corrected chi connectivity index (χ0v) is 15.6. The van der Waals surface area contributed by atoms with E-state index in [1.54, 1.807) is 42.6 Å². The first-order valence-corrected chi connectivity index (χ1v) is 9.04. The summed E-state index contributed by atoms with van der Waals surface area (Å²) < 4.78 is 16.5. The number of carbonyl (C=O) groups excluding carboxylic acids is 1. The van der Waals surface area contributed by atoms with Crippen molar-refractivity contribution in [2.75, 3.05) is 12.1 Å². The minimum atomic E-state index is -0.292. The van der Waals surface area contributed by atoms with E-state index in [2.05, 4.69) is 10.3 Å². The van der Waals surface area contributed by atoms with Crippen LogP contribution in [0.3, 0.4) is 0 Å². The second kappa shape index (κ2) is 8.29. The third kappa shape index (κ3) is 4.24. The molecule has 2 aromatic carbocycles. The summed E-state index contributed by atoms with van der Waals surface area (Å²) in [5, 5.41) is 3.44. The molecule has 4 rings (SSSR count). The van der Waals surface area contributed by atoms with Crippen LogP contribution in [0.15, 0.2) is 60.8 Å². The number of carbonyl (C=O) groups is 1. The lowest BCUT2D eigenvalue weighted by Gasteiger charge is -2.18. The Bertz CT molecular complexity index is 1010. The monoisotopic (exact) mass is 396 g/mol. The molecule has 0 aliphatic carbocycles. The van der Waals surface area contributed by atoms with Gasteiger partial charge in [-0.1, -0.05) is 23.7 Å². The van der Waals surface area contributed by atoms with Gasteiger partial charge in [-0.25, -0.2) is 4.98 Å². The van der Waals surface area contributed by atoms with Gasteiger partial charge < -0.3 is 19.5 Å². The highest BCUT2D eigenvalue weighted by molar-refractivity contribution is 6.30. The number of fused-ring (bicyclic) bond motifs is 1. The molecule has 1 aliphatic rings. The Morgan fingerprint density at radius 2 is 2.11 bits per heavy atom. The van der Waals surface area contributed by atoms with Crippen molar-refractivity contribution in [3.8, 4) is 11.5 Å². The molecule has 28 heavy (non-hydrogen) atoms. The lowest BCUT2D eigenvalue weighted by Crippen LogP contribution is -2.16. The molecule has 1 aliphatic heterocycles. The molecule has 0 atom stereocenters. The van der Waals surface area contributed by atoms with Gasteiger partial charge >= 0.3 is 0 Å². The van der Waals surface area contributed by atoms with Crippen molar-refractivity contribution in [2.24, 2.45) is 0 Å². The number of ether oxygens (including phenoxy) is 3. The van der Waals surface area contributed by atoms with Crippen molar-refractivity contribution in [1.82, 2.24) is 4.98 Å². The second-order valence-corrected chi connectivity index (χ2v) is 6.59. The topological polar surface area (TPSA) is 69.7 Å². The van der Waals surface area contributed by atoms with Gasteiger partial charge in [0.1, 0.15) is 12.4 Å². The van der Waals surface area contributed by atoms with Gasteiger partial charge in [0, 0.05) is 22.3 Å². The predicted octanol–water partition coefficient (Wildman–Crippen LogP) is 4.43. The van der Waals surface area contributed by atoms with Crippen LogP contribution < -0.4 is 14.8 Å². The van der Waals surface area contributed by atoms with Crippen LogP contribution >= 0.6 is 11.6 Å². The maximum absolute atomic E-state index is 12.7. The number of hydrogen-bond acceptors (Lipinski definition) is 5. The first-order valence-electron chi connectivity index (χ1n) is 8.66. The SMILES string of the molecule is O=C(Nc1ncccc1OCc1cccc(Cl)c1)c1ccc2c(c1)COCO2. The highest BCUT2D eigenvalue weighted by atomic mass is 35.5. The van der Waals surface area contributed by atoms with E-state index in [9.17, 15) is 4.79 Å². The van der Waals surface area contributed by atoms with Gasteiger partial charge in [-0.2, -0.15) is 0 Å². The maximum atomic E-state index is 12.7. The fourth-order valence-electron chi connectivity index (χ4n) is 2.80. The first-order chi connectivity index (χ1) is 13.7. The molecule has 142 valence electrons. The van der Waals surface area contributed by atoms with E-state index >= 15 is 0 Å². The number of anilines is 1. The van der Waals surface area contributed by atoms with Crippen LogP contribution in [-0.4, -0.2) is 17.7 Å². The van der Waals surface area contributed by atoms with E-state index < -0.39 is 0 Å². The molecule has 1 amide bonds. The Balaban J connectivity index is 1.48. The third-order valence-corrected chi connectivity index (χ3v) is 4.40. The van der Waals surface area contributed by atoms with Gasteiger partial charge in [-0.3, -0.25) is 4.79 Å². The van der Waals surface area contributed by atoms with Crippen molar-refractivity contribution in [1.29, 1.82) is 0 Å². The van der Waals surface area contributed by atoms with Gasteiger partial charge in [-0.15, -0.1) is 0 Å². The normalized spacial score (nSPS) is 12.6. The van der Waals surface area contributed by atoms with Gasteiger partial charge in [0.25, 0.3) is 5.91 Å². The van der Waals surface area contributed by atoms with Crippen molar-refractivity contribution in [3.63, 3.8) is 0 Å². The standard InChI is InChI=1S/C21H17ClN2O4/c22-17-4-1-3-14(9-17)11-27-19-5-2-8-23-20(19)24-21(25)15-6-7-18-16(10-15)12-26-13-28-18/h1-10H,11-13H2,(H,23,24,25). The fraction of sp³-hybridized carbons (Fsp3) is 0.143. The first kappa shape index (κ1) is 18.3. The molecule has 0 unspecified atom stereocenters. The number of pyridine rings is 1. The molecule has 1 aromatic heterocycles. The lowest BCUT2D eigenvalue weighted by molar-refractivity contribution is -0.0163. The van der Waals surface area contributed by atoms with E-state index in [1.165, 1.54) is 0 Å². The lowest BCUT2D eigenvalue weighted by atomic mass is 10.1. The van der Waals surface area contributed by atoms with Crippen molar-refractivity contribution in [3.05, 3.63) is 82.5 Å². The molecular formula is C21H17ClN2O4. The van der Waals surface area contributed by atoms with Crippen molar-refractivity contribution < 1.29 is 19.0 Å². The molecule has 6 nitrogen and oxygen atoms in total. The Labute approximate surface area is 167 Å². The van der Waals surface area contributed by atoms with Gasteiger partial charge in [0.05, 0.1) is 6.61 Å². The molecule has 7 heteroatoms. The van der Waals surface area contributed by atoms with Gasteiger partial charge in [0.2, 0.25) is 0 Å². The summed E-state index contributed by atoms with van der Waals surface area (Å²) in [6, 6.07) is 16.1. The molecule has 2 heterocycles. The summed E-state index contributed by atoms with van der Waals surface area (Å²) in [7, 11) is 0. The summed E-state index contributed by atoms with van der Waals surface area (Å²) in [6.07, 6.45) is 1.59. The molecule has 0 saturated heterocycles. The Morgan fingerprint density at radius 1 is 1.18 bits per heavy atom. The minimum absolute atomic E-state index is 0.222. The molecule has 1 N–H and O–H groups in total. The highest BCUT2D eigenvalue weighted by Gasteiger charge is 2.16. The smallest absolute Gasteiger partial charge is 0.256 e. The number of nitrogens with zero attached hydrogens (tertiary/aromatic N) is 1. The summed E-state index contributed by atoms with van der Waals surface area (Å²) in [6.45, 7) is 0.941. The molecule has 3 aromatic rings. The van der Waals surface area contributed by atoms with Crippen LogP contribution in [0.25, 0.3) is 0 Å².